The molecule has 1 amide bonds. The van der Waals surface area contributed by atoms with Gasteiger partial charge in [0.15, 0.2) is 4.99 Å². The fourth-order valence-corrected chi connectivity index (χ4v) is 0.805. The molecule has 0 saturated carbocycles. The Bertz CT molecular complexity index is 161. The highest BCUT2D eigenvalue weighted by atomic mass is 32.1. The number of amides is 1. The molecule has 0 aromatic carbocycles. The number of thiocarbonyl (C=S) groups is 1. The third kappa shape index (κ3) is 6.06. The number of hydrogen-bond donors (Lipinski definition) is 3. The molecule has 70 valence electrons. The second-order valence-electron chi connectivity index (χ2n) is 2.40. The van der Waals surface area contributed by atoms with Crippen LogP contribution in [0.15, 0.2) is 0 Å². The summed E-state index contributed by atoms with van der Waals surface area (Å²) < 4.78 is 0. The fraction of sp³-hybridized carbons (Fsp3) is 0.714. The molecule has 0 aliphatic rings. The van der Waals surface area contributed by atoms with Crippen molar-refractivity contribution in [3.8, 4) is 0 Å². The van der Waals surface area contributed by atoms with Crippen molar-refractivity contribution >= 4 is 23.1 Å². The number of rotatable bonds is 5. The molecule has 0 aromatic rings. The first-order chi connectivity index (χ1) is 5.68. The van der Waals surface area contributed by atoms with Crippen LogP contribution in [0.4, 0.5) is 0 Å². The topological polar surface area (TPSA) is 75.4 Å². The highest BCUT2D eigenvalue weighted by Gasteiger charge is 2.00. The molecule has 5 heteroatoms. The van der Waals surface area contributed by atoms with Gasteiger partial charge in [-0.25, -0.2) is 0 Å². The van der Waals surface area contributed by atoms with Gasteiger partial charge in [0.05, 0.1) is 0 Å². The van der Waals surface area contributed by atoms with Gasteiger partial charge in [-0.3, -0.25) is 4.79 Å². The van der Waals surface area contributed by atoms with Gasteiger partial charge in [-0.05, 0) is 19.3 Å². The summed E-state index contributed by atoms with van der Waals surface area (Å²) in [7, 11) is 0. The maximum absolute atomic E-state index is 10.4. The average Bonchev–Trinajstić information content (AvgIpc) is 2.03. The highest BCUT2D eigenvalue weighted by Crippen LogP contribution is 1.91. The normalized spacial score (nSPS) is 9.42. The minimum Gasteiger partial charge on any atom is -0.396 e. The molecule has 0 spiro atoms. The average molecular weight is 190 g/mol. The van der Waals surface area contributed by atoms with Crippen LogP contribution < -0.4 is 11.1 Å². The van der Waals surface area contributed by atoms with Gasteiger partial charge >= 0.3 is 0 Å². The number of nitrogens with one attached hydrogen (secondary N) is 1. The van der Waals surface area contributed by atoms with Gasteiger partial charge in [-0.2, -0.15) is 0 Å². The molecule has 4 nitrogen and oxygen atoms in total. The Balaban J connectivity index is 3.20. The number of carbonyl (C=O) groups excluding carboxylic acids is 1. The standard InChI is InChI=1S/C7H14N2O2S/c8-6(11)7(12)9-4-2-1-3-5-10/h10H,1-5H2,(H2,8,11)(H,9,12). The van der Waals surface area contributed by atoms with Crippen LogP contribution in [0.5, 0.6) is 0 Å². The van der Waals surface area contributed by atoms with Gasteiger partial charge in [0, 0.05) is 13.2 Å². The minimum atomic E-state index is -0.591. The lowest BCUT2D eigenvalue weighted by molar-refractivity contribution is -0.112. The zero-order valence-corrected chi connectivity index (χ0v) is 7.69. The maximum atomic E-state index is 10.4. The van der Waals surface area contributed by atoms with Crippen LogP contribution in [0, 0.1) is 0 Å². The molecule has 0 saturated heterocycles. The molecule has 0 aliphatic carbocycles. The third-order valence-corrected chi connectivity index (χ3v) is 1.69. The van der Waals surface area contributed by atoms with E-state index in [0.29, 0.717) is 6.54 Å². The Morgan fingerprint density at radius 1 is 1.42 bits per heavy atom. The number of hydrogen-bond acceptors (Lipinski definition) is 3. The lowest BCUT2D eigenvalue weighted by Gasteiger charge is -2.03. The predicted molar refractivity (Wildman–Crippen MR) is 50.7 cm³/mol. The Morgan fingerprint density at radius 2 is 2.08 bits per heavy atom. The van der Waals surface area contributed by atoms with Gasteiger partial charge in [-0.1, -0.05) is 12.2 Å². The first-order valence-electron chi connectivity index (χ1n) is 3.87. The zero-order valence-electron chi connectivity index (χ0n) is 6.88. The number of aliphatic hydroxyl groups is 1. The van der Waals surface area contributed by atoms with Crippen molar-refractivity contribution in [3.63, 3.8) is 0 Å². The molecule has 0 heterocycles. The summed E-state index contributed by atoms with van der Waals surface area (Å²) in [5.41, 5.74) is 4.89. The lowest BCUT2D eigenvalue weighted by atomic mass is 10.2. The van der Waals surface area contributed by atoms with Gasteiger partial charge < -0.3 is 16.2 Å². The van der Waals surface area contributed by atoms with Gasteiger partial charge in [0.25, 0.3) is 5.91 Å². The van der Waals surface area contributed by atoms with Crippen molar-refractivity contribution in [1.29, 1.82) is 0 Å². The van der Waals surface area contributed by atoms with E-state index in [-0.39, 0.29) is 11.6 Å². The molecular weight excluding hydrogens is 176 g/mol. The summed E-state index contributed by atoms with van der Waals surface area (Å²) in [6, 6.07) is 0. The maximum Gasteiger partial charge on any atom is 0.276 e. The largest absolute Gasteiger partial charge is 0.396 e. The van der Waals surface area contributed by atoms with Crippen LogP contribution >= 0.6 is 12.2 Å². The summed E-state index contributed by atoms with van der Waals surface area (Å²) in [6.45, 7) is 0.849. The zero-order chi connectivity index (χ0) is 9.40. The van der Waals surface area contributed by atoms with E-state index in [1.165, 1.54) is 0 Å². The van der Waals surface area contributed by atoms with Crippen molar-refractivity contribution < 1.29 is 9.90 Å². The Hall–Kier alpha value is -0.680. The Labute approximate surface area is 77.1 Å². The van der Waals surface area contributed by atoms with E-state index in [1.54, 1.807) is 0 Å². The molecule has 0 radical (unpaired) electrons. The molecule has 0 fully saturated rings. The Kier molecular flexibility index (Phi) is 6.60. The number of primary amides is 1. The third-order valence-electron chi connectivity index (χ3n) is 1.34. The van der Waals surface area contributed by atoms with E-state index in [9.17, 15) is 4.79 Å². The first kappa shape index (κ1) is 11.3. The number of carbonyl (C=O) groups is 1. The summed E-state index contributed by atoms with van der Waals surface area (Å²) in [5.74, 6) is -0.591. The predicted octanol–water partition coefficient (Wildman–Crippen LogP) is -0.449. The number of unbranched alkanes of at least 4 members (excludes halogenated alkanes) is 2. The molecule has 0 aliphatic heterocycles. The summed E-state index contributed by atoms with van der Waals surface area (Å²) in [5, 5.41) is 11.2. The monoisotopic (exact) mass is 190 g/mol. The van der Waals surface area contributed by atoms with Crippen LogP contribution in [0.1, 0.15) is 19.3 Å². The molecule has 4 N–H and O–H groups in total. The van der Waals surface area contributed by atoms with E-state index in [4.69, 9.17) is 10.8 Å². The molecule has 0 bridgehead atoms. The van der Waals surface area contributed by atoms with Crippen LogP contribution in [0.3, 0.4) is 0 Å². The van der Waals surface area contributed by atoms with Crippen LogP contribution in [-0.4, -0.2) is 29.2 Å². The fourth-order valence-electron chi connectivity index (χ4n) is 0.703. The summed E-state index contributed by atoms with van der Waals surface area (Å²) >= 11 is 4.62. The van der Waals surface area contributed by atoms with Crippen molar-refractivity contribution in [2.24, 2.45) is 5.73 Å². The minimum absolute atomic E-state index is 0.0824. The van der Waals surface area contributed by atoms with Gasteiger partial charge in [-0.15, -0.1) is 0 Å². The van der Waals surface area contributed by atoms with E-state index in [2.05, 4.69) is 17.5 Å². The van der Waals surface area contributed by atoms with Gasteiger partial charge in [0.2, 0.25) is 0 Å². The van der Waals surface area contributed by atoms with Crippen molar-refractivity contribution in [3.05, 3.63) is 0 Å². The van der Waals surface area contributed by atoms with Gasteiger partial charge in [0.1, 0.15) is 0 Å². The van der Waals surface area contributed by atoms with Crippen molar-refractivity contribution in [2.75, 3.05) is 13.2 Å². The molecule has 0 rings (SSSR count). The van der Waals surface area contributed by atoms with E-state index < -0.39 is 5.91 Å². The first-order valence-corrected chi connectivity index (χ1v) is 4.27. The quantitative estimate of drug-likeness (QED) is 0.405. The summed E-state index contributed by atoms with van der Waals surface area (Å²) in [4.78, 5) is 10.5. The van der Waals surface area contributed by atoms with Crippen LogP contribution in [0.25, 0.3) is 0 Å². The van der Waals surface area contributed by atoms with E-state index >= 15 is 0 Å². The second kappa shape index (κ2) is 7.00. The van der Waals surface area contributed by atoms with Crippen molar-refractivity contribution in [2.45, 2.75) is 19.3 Å². The lowest BCUT2D eigenvalue weighted by Crippen LogP contribution is -2.34. The molecular formula is C7H14N2O2S. The molecule has 12 heavy (non-hydrogen) atoms. The number of aliphatic hydroxyl groups excluding tert-OH is 1. The molecule has 0 atom stereocenters. The summed E-state index contributed by atoms with van der Waals surface area (Å²) in [6.07, 6.45) is 2.59. The van der Waals surface area contributed by atoms with Crippen molar-refractivity contribution in [1.82, 2.24) is 5.32 Å². The highest BCUT2D eigenvalue weighted by molar-refractivity contribution is 7.82. The van der Waals surface area contributed by atoms with E-state index in [0.717, 1.165) is 19.3 Å². The number of nitrogens with two attached hydrogens (primary N) is 1. The molecule has 0 unspecified atom stereocenters. The van der Waals surface area contributed by atoms with Crippen LogP contribution in [-0.2, 0) is 4.79 Å². The second-order valence-corrected chi connectivity index (χ2v) is 2.81. The van der Waals surface area contributed by atoms with E-state index in [1.807, 2.05) is 0 Å². The van der Waals surface area contributed by atoms with Crippen LogP contribution in [0.2, 0.25) is 0 Å². The molecule has 0 aromatic heterocycles. The Morgan fingerprint density at radius 3 is 2.58 bits per heavy atom. The SMILES string of the molecule is NC(=O)C(=S)NCCCCCO. The smallest absolute Gasteiger partial charge is 0.276 e.